The summed E-state index contributed by atoms with van der Waals surface area (Å²) in [6.07, 6.45) is 5.92. The fourth-order valence-corrected chi connectivity index (χ4v) is 5.73. The number of likely N-dealkylation sites (tertiary alicyclic amines) is 1. The molecule has 3 heterocycles. The zero-order chi connectivity index (χ0) is 20.0. The fourth-order valence-electron chi connectivity index (χ4n) is 4.83. The number of fused-ring (bicyclic) bond motifs is 2. The first kappa shape index (κ1) is 18.3. The van der Waals surface area contributed by atoms with Gasteiger partial charge in [0.15, 0.2) is 0 Å². The van der Waals surface area contributed by atoms with E-state index in [0.717, 1.165) is 17.5 Å². The summed E-state index contributed by atoms with van der Waals surface area (Å²) in [5, 5.41) is 2.07. The molecule has 1 aliphatic carbocycles. The van der Waals surface area contributed by atoms with Crippen molar-refractivity contribution in [2.45, 2.75) is 25.3 Å². The van der Waals surface area contributed by atoms with Gasteiger partial charge < -0.3 is 4.90 Å². The van der Waals surface area contributed by atoms with E-state index < -0.39 is 0 Å². The minimum atomic E-state index is -0.296. The van der Waals surface area contributed by atoms with Crippen molar-refractivity contribution in [1.29, 1.82) is 0 Å². The van der Waals surface area contributed by atoms with Crippen LogP contribution < -0.4 is 0 Å². The summed E-state index contributed by atoms with van der Waals surface area (Å²) in [5.41, 5.74) is 2.20. The molecular weight excluding hydrogens is 384 g/mol. The molecule has 0 unspecified atom stereocenters. The highest BCUT2D eigenvalue weighted by Crippen LogP contribution is 2.39. The molecule has 0 saturated carbocycles. The van der Waals surface area contributed by atoms with Crippen molar-refractivity contribution in [3.8, 4) is 0 Å². The van der Waals surface area contributed by atoms with Crippen LogP contribution in [0.1, 0.15) is 34.9 Å². The Hall–Kier alpha value is -2.73. The third-order valence-corrected chi connectivity index (χ3v) is 7.29. The van der Waals surface area contributed by atoms with Crippen LogP contribution in [-0.2, 0) is 20.8 Å². The maximum atomic E-state index is 13.3. The summed E-state index contributed by atoms with van der Waals surface area (Å²) in [5.74, 6) is -1.14. The summed E-state index contributed by atoms with van der Waals surface area (Å²) < 4.78 is 0. The summed E-state index contributed by atoms with van der Waals surface area (Å²) >= 11 is 1.72. The quantitative estimate of drug-likeness (QED) is 0.581. The second kappa shape index (κ2) is 7.26. The maximum Gasteiger partial charge on any atom is 0.243 e. The van der Waals surface area contributed by atoms with Crippen molar-refractivity contribution in [1.82, 2.24) is 9.80 Å². The highest BCUT2D eigenvalue weighted by molar-refractivity contribution is 7.10. The first-order chi connectivity index (χ1) is 14.1. The largest absolute Gasteiger partial charge is 0.330 e. The van der Waals surface area contributed by atoms with E-state index >= 15 is 0 Å². The molecule has 29 heavy (non-hydrogen) atoms. The second-order valence-corrected chi connectivity index (χ2v) is 8.87. The number of allylic oxidation sites excluding steroid dienone is 2. The lowest BCUT2D eigenvalue weighted by molar-refractivity contribution is -0.147. The second-order valence-electron chi connectivity index (χ2n) is 7.87. The molecule has 5 rings (SSSR count). The van der Waals surface area contributed by atoms with Gasteiger partial charge in [0, 0.05) is 11.4 Å². The molecule has 0 spiro atoms. The molecule has 1 aromatic carbocycles. The maximum absolute atomic E-state index is 13.3. The monoisotopic (exact) mass is 406 g/mol. The van der Waals surface area contributed by atoms with Gasteiger partial charge in [0.05, 0.1) is 17.9 Å². The number of thiophene rings is 1. The van der Waals surface area contributed by atoms with Gasteiger partial charge in [0.1, 0.15) is 6.54 Å². The summed E-state index contributed by atoms with van der Waals surface area (Å²) in [6.45, 7) is 0.435. The molecule has 0 radical (unpaired) electrons. The summed E-state index contributed by atoms with van der Waals surface area (Å²) in [6, 6.07) is 11.9. The van der Waals surface area contributed by atoms with Gasteiger partial charge in [0.25, 0.3) is 0 Å². The zero-order valence-electron chi connectivity index (χ0n) is 16.0. The van der Waals surface area contributed by atoms with E-state index in [-0.39, 0.29) is 42.1 Å². The predicted octanol–water partition coefficient (Wildman–Crippen LogP) is 3.17. The van der Waals surface area contributed by atoms with Gasteiger partial charge in [-0.25, -0.2) is 0 Å². The smallest absolute Gasteiger partial charge is 0.243 e. The minimum absolute atomic E-state index is 0.159. The van der Waals surface area contributed by atoms with Crippen LogP contribution in [0, 0.1) is 11.8 Å². The molecule has 1 saturated heterocycles. The molecule has 1 aromatic heterocycles. The van der Waals surface area contributed by atoms with Crippen molar-refractivity contribution in [2.75, 3.05) is 13.1 Å². The lowest BCUT2D eigenvalue weighted by Gasteiger charge is -2.37. The predicted molar refractivity (Wildman–Crippen MR) is 110 cm³/mol. The Labute approximate surface area is 173 Å². The Kier molecular flexibility index (Phi) is 4.59. The number of hydrogen-bond acceptors (Lipinski definition) is 4. The van der Waals surface area contributed by atoms with Crippen LogP contribution in [0.3, 0.4) is 0 Å². The fraction of sp³-hybridized carbons (Fsp3) is 0.348. The first-order valence-corrected chi connectivity index (χ1v) is 10.9. The molecule has 0 N–H and O–H groups in total. The average Bonchev–Trinajstić information content (AvgIpc) is 3.33. The van der Waals surface area contributed by atoms with Gasteiger partial charge in [-0.3, -0.25) is 19.3 Å². The van der Waals surface area contributed by atoms with Gasteiger partial charge >= 0.3 is 0 Å². The summed E-state index contributed by atoms with van der Waals surface area (Å²) in [4.78, 5) is 43.2. The number of benzene rings is 1. The number of imide groups is 1. The first-order valence-electron chi connectivity index (χ1n) is 10.1. The number of carbonyl (C=O) groups excluding carboxylic acids is 3. The average molecular weight is 407 g/mol. The molecule has 1 fully saturated rings. The molecule has 5 nitrogen and oxygen atoms in total. The van der Waals surface area contributed by atoms with Crippen LogP contribution in [-0.4, -0.2) is 40.6 Å². The highest BCUT2D eigenvalue weighted by atomic mass is 32.1. The van der Waals surface area contributed by atoms with Crippen molar-refractivity contribution in [3.63, 3.8) is 0 Å². The number of amides is 3. The van der Waals surface area contributed by atoms with Gasteiger partial charge in [-0.2, -0.15) is 0 Å². The van der Waals surface area contributed by atoms with Crippen LogP contribution in [0.4, 0.5) is 0 Å². The SMILES string of the molecule is O=C1[C@@H]2CC=CC[C@H]2C(=O)N1CC(=O)N1CCc2sccc2[C@H]1c1ccccc1. The third-order valence-electron chi connectivity index (χ3n) is 6.29. The van der Waals surface area contributed by atoms with E-state index in [0.29, 0.717) is 19.4 Å². The van der Waals surface area contributed by atoms with Crippen molar-refractivity contribution < 1.29 is 14.4 Å². The third kappa shape index (κ3) is 3.02. The van der Waals surface area contributed by atoms with Crippen LogP contribution >= 0.6 is 11.3 Å². The normalized spacial score (nSPS) is 25.9. The van der Waals surface area contributed by atoms with Crippen LogP contribution in [0.5, 0.6) is 0 Å². The molecule has 6 heteroatoms. The van der Waals surface area contributed by atoms with Gasteiger partial charge in [-0.15, -0.1) is 11.3 Å². The van der Waals surface area contributed by atoms with Crippen LogP contribution in [0.2, 0.25) is 0 Å². The number of hydrogen-bond donors (Lipinski definition) is 0. The van der Waals surface area contributed by atoms with Crippen LogP contribution in [0.15, 0.2) is 53.9 Å². The van der Waals surface area contributed by atoms with Crippen LogP contribution in [0.25, 0.3) is 0 Å². The molecule has 2 aliphatic heterocycles. The number of nitrogens with zero attached hydrogens (tertiary/aromatic N) is 2. The molecule has 3 atom stereocenters. The van der Waals surface area contributed by atoms with Crippen molar-refractivity contribution >= 4 is 29.1 Å². The zero-order valence-corrected chi connectivity index (χ0v) is 16.8. The van der Waals surface area contributed by atoms with E-state index in [4.69, 9.17) is 0 Å². The topological polar surface area (TPSA) is 57.7 Å². The Morgan fingerprint density at radius 1 is 1.00 bits per heavy atom. The lowest BCUT2D eigenvalue weighted by Crippen LogP contribution is -2.47. The number of rotatable bonds is 3. The highest BCUT2D eigenvalue weighted by Gasteiger charge is 2.48. The standard InChI is InChI=1S/C23H22N2O3S/c26-20(14-25-22(27)16-8-4-5-9-17(16)23(25)28)24-12-10-19-18(11-13-29-19)21(24)15-6-2-1-3-7-15/h1-7,11,13,16-17,21H,8-10,12,14H2/t16-,17-,21-/m1/s1. The molecule has 2 aromatic rings. The van der Waals surface area contributed by atoms with Crippen molar-refractivity contribution in [3.05, 3.63) is 69.9 Å². The number of carbonyl (C=O) groups is 3. The van der Waals surface area contributed by atoms with E-state index in [2.05, 4.69) is 11.4 Å². The van der Waals surface area contributed by atoms with Gasteiger partial charge in [0.2, 0.25) is 17.7 Å². The summed E-state index contributed by atoms with van der Waals surface area (Å²) in [7, 11) is 0. The van der Waals surface area contributed by atoms with E-state index in [9.17, 15) is 14.4 Å². The Morgan fingerprint density at radius 2 is 1.69 bits per heavy atom. The van der Waals surface area contributed by atoms with Crippen molar-refractivity contribution in [2.24, 2.45) is 11.8 Å². The van der Waals surface area contributed by atoms with E-state index in [1.54, 1.807) is 11.3 Å². The van der Waals surface area contributed by atoms with E-state index in [1.165, 1.54) is 9.78 Å². The minimum Gasteiger partial charge on any atom is -0.330 e. The van der Waals surface area contributed by atoms with Gasteiger partial charge in [-0.1, -0.05) is 42.5 Å². The molecule has 3 amide bonds. The molecule has 148 valence electrons. The Balaban J connectivity index is 1.42. The Bertz CT molecular complexity index is 971. The molecule has 3 aliphatic rings. The van der Waals surface area contributed by atoms with E-state index in [1.807, 2.05) is 47.4 Å². The lowest BCUT2D eigenvalue weighted by atomic mass is 9.85. The Morgan fingerprint density at radius 3 is 2.38 bits per heavy atom. The molecule has 0 bridgehead atoms. The molecular formula is C23H22N2O3S. The van der Waals surface area contributed by atoms with Gasteiger partial charge in [-0.05, 0) is 41.8 Å².